The van der Waals surface area contributed by atoms with Gasteiger partial charge in [-0.1, -0.05) is 140 Å². The molecule has 5 aromatic heterocycles. The molecule has 0 saturated carbocycles. The zero-order valence-electron chi connectivity index (χ0n) is 33.8. The predicted octanol–water partition coefficient (Wildman–Crippen LogP) is 15.3. The van der Waals surface area contributed by atoms with Crippen molar-refractivity contribution in [3.05, 3.63) is 182 Å². The summed E-state index contributed by atoms with van der Waals surface area (Å²) < 4.78 is 14.8. The van der Waals surface area contributed by atoms with Crippen LogP contribution in [0.3, 0.4) is 0 Å². The van der Waals surface area contributed by atoms with Crippen molar-refractivity contribution in [2.24, 2.45) is 10.9 Å². The Labute approximate surface area is 354 Å². The van der Waals surface area contributed by atoms with E-state index in [-0.39, 0.29) is 12.0 Å². The minimum Gasteiger partial charge on any atom is -0.456 e. The maximum atomic E-state index is 7.09. The monoisotopic (exact) mass is 792 g/mol. The van der Waals surface area contributed by atoms with Crippen LogP contribution in [0.15, 0.2) is 185 Å². The summed E-state index contributed by atoms with van der Waals surface area (Å²) in [4.78, 5) is 5.92. The van der Waals surface area contributed by atoms with Gasteiger partial charge in [-0.3, -0.25) is 4.57 Å². The Hall–Kier alpha value is -7.89. The zero-order valence-corrected chi connectivity index (χ0v) is 33.8. The summed E-state index contributed by atoms with van der Waals surface area (Å²) >= 11 is 0. The number of aromatic nitrogens is 3. The van der Waals surface area contributed by atoms with Crippen LogP contribution in [-0.4, -0.2) is 19.4 Å². The second kappa shape index (κ2) is 11.7. The van der Waals surface area contributed by atoms with Gasteiger partial charge < -0.3 is 13.4 Å². The first-order chi connectivity index (χ1) is 30.8. The minimum absolute atomic E-state index is 0.0655. The highest BCUT2D eigenvalue weighted by Gasteiger charge is 2.41. The number of benzene rings is 9. The molecule has 5 nitrogen and oxygen atoms in total. The van der Waals surface area contributed by atoms with E-state index < -0.39 is 0 Å². The first kappa shape index (κ1) is 32.9. The lowest BCUT2D eigenvalue weighted by atomic mass is 9.89. The second-order valence-electron chi connectivity index (χ2n) is 17.2. The van der Waals surface area contributed by atoms with E-state index in [4.69, 9.17) is 9.41 Å². The molecule has 0 amide bonds. The van der Waals surface area contributed by atoms with Gasteiger partial charge in [0.05, 0.1) is 33.1 Å². The molecule has 14 aromatic rings. The van der Waals surface area contributed by atoms with Crippen molar-refractivity contribution in [1.29, 1.82) is 0 Å². The van der Waals surface area contributed by atoms with E-state index in [1.54, 1.807) is 0 Å². The molecule has 62 heavy (non-hydrogen) atoms. The molecular formula is C57H36N4O. The van der Waals surface area contributed by atoms with Gasteiger partial charge in [0.25, 0.3) is 0 Å². The number of furan rings is 1. The predicted molar refractivity (Wildman–Crippen MR) is 259 cm³/mol. The van der Waals surface area contributed by atoms with E-state index >= 15 is 0 Å². The Morgan fingerprint density at radius 1 is 0.468 bits per heavy atom. The van der Waals surface area contributed by atoms with Crippen molar-refractivity contribution in [3.63, 3.8) is 0 Å². The molecule has 1 aliphatic heterocycles. The summed E-state index contributed by atoms with van der Waals surface area (Å²) in [5.41, 5.74) is 10.3. The van der Waals surface area contributed by atoms with Crippen molar-refractivity contribution in [3.8, 4) is 0 Å². The number of fused-ring (bicyclic) bond motifs is 20. The van der Waals surface area contributed by atoms with Gasteiger partial charge in [0.1, 0.15) is 23.1 Å². The average molecular weight is 793 g/mol. The highest BCUT2D eigenvalue weighted by atomic mass is 16.3. The first-order valence-corrected chi connectivity index (χ1v) is 21.8. The lowest BCUT2D eigenvalue weighted by molar-refractivity contribution is 0.387. The van der Waals surface area contributed by atoms with E-state index in [1.807, 2.05) is 0 Å². The third-order valence-corrected chi connectivity index (χ3v) is 14.3. The SMILES string of the molecule is CC[C@@H]1C(n2c3cc4c5ccccc5n5c6ccccc6c(c3c3ccc6ccccc6c32)c45)=Nc2c(oc3ccccc23)C1n1c2ccccc2c2c3ccccc3ccc21. The summed E-state index contributed by atoms with van der Waals surface area (Å²) in [5.74, 6) is 1.90. The van der Waals surface area contributed by atoms with Crippen LogP contribution in [0.1, 0.15) is 25.1 Å². The largest absolute Gasteiger partial charge is 0.456 e. The molecule has 15 rings (SSSR count). The van der Waals surface area contributed by atoms with Crippen molar-refractivity contribution >= 4 is 126 Å². The number of aliphatic imine (C=N–C) groups is 1. The Balaban J connectivity index is 1.15. The average Bonchev–Trinajstić information content (AvgIpc) is 4.13. The number of rotatable bonds is 2. The molecule has 290 valence electrons. The van der Waals surface area contributed by atoms with E-state index in [2.05, 4.69) is 196 Å². The Bertz CT molecular complexity index is 4290. The van der Waals surface area contributed by atoms with Gasteiger partial charge in [-0.25, -0.2) is 4.99 Å². The number of hydrogen-bond donors (Lipinski definition) is 0. The fourth-order valence-corrected chi connectivity index (χ4v) is 11.9. The highest BCUT2D eigenvalue weighted by Crippen LogP contribution is 2.52. The summed E-state index contributed by atoms with van der Waals surface area (Å²) in [6, 6.07) is 64.5. The number of para-hydroxylation sites is 4. The molecule has 1 aliphatic rings. The second-order valence-corrected chi connectivity index (χ2v) is 17.2. The molecule has 0 radical (unpaired) electrons. The molecule has 0 fully saturated rings. The standard InChI is InChI=1S/C57H36N4O/c1-2-34-55(60-44-24-12-8-20-38(44)49-35-17-5-3-15-32(35)28-30-46(49)60)56-52(40-22-10-14-26-48(40)62-56)58-57(34)61-47-31-42-37-19-7-11-23-43(37)59-45-25-13-9-21-39(45)51(54(42)59)50(47)41-29-27-33-16-4-6-18-36(33)53(41)61/h3-31,34,55H,2H2,1H3/t34-,55?/m0/s1. The fourth-order valence-electron chi connectivity index (χ4n) is 11.9. The van der Waals surface area contributed by atoms with Gasteiger partial charge in [0.2, 0.25) is 0 Å². The molecular weight excluding hydrogens is 757 g/mol. The first-order valence-electron chi connectivity index (χ1n) is 21.8. The Morgan fingerprint density at radius 3 is 1.87 bits per heavy atom. The molecule has 0 spiro atoms. The molecule has 6 heterocycles. The van der Waals surface area contributed by atoms with Crippen LogP contribution in [0.25, 0.3) is 114 Å². The van der Waals surface area contributed by atoms with Gasteiger partial charge in [-0.2, -0.15) is 0 Å². The molecule has 0 aliphatic carbocycles. The summed E-state index contributed by atoms with van der Waals surface area (Å²) in [6.07, 6.45) is 0.838. The fraction of sp³-hybridized carbons (Fsp3) is 0.0702. The summed E-state index contributed by atoms with van der Waals surface area (Å²) in [6.45, 7) is 2.33. The third-order valence-electron chi connectivity index (χ3n) is 14.3. The minimum atomic E-state index is -0.192. The van der Waals surface area contributed by atoms with E-state index in [9.17, 15) is 0 Å². The zero-order chi connectivity index (χ0) is 40.4. The smallest absolute Gasteiger partial charge is 0.154 e. The van der Waals surface area contributed by atoms with Crippen LogP contribution in [0.4, 0.5) is 5.69 Å². The molecule has 9 aromatic carbocycles. The molecule has 0 bridgehead atoms. The van der Waals surface area contributed by atoms with Gasteiger partial charge in [-0.15, -0.1) is 0 Å². The molecule has 0 N–H and O–H groups in total. The molecule has 5 heteroatoms. The normalized spacial score (nSPS) is 16.0. The van der Waals surface area contributed by atoms with E-state index in [0.717, 1.165) is 34.7 Å². The quantitative estimate of drug-likeness (QED) is 0.172. The summed E-state index contributed by atoms with van der Waals surface area (Å²) in [5, 5.41) is 16.1. The topological polar surface area (TPSA) is 39.8 Å². The van der Waals surface area contributed by atoms with Crippen molar-refractivity contribution < 1.29 is 4.42 Å². The van der Waals surface area contributed by atoms with Crippen molar-refractivity contribution in [2.45, 2.75) is 19.4 Å². The highest BCUT2D eigenvalue weighted by molar-refractivity contribution is 6.38. The molecule has 2 atom stereocenters. The van der Waals surface area contributed by atoms with Gasteiger partial charge in [0, 0.05) is 65.3 Å². The van der Waals surface area contributed by atoms with Crippen molar-refractivity contribution in [2.75, 3.05) is 0 Å². The number of nitrogens with zero attached hydrogens (tertiary/aromatic N) is 4. The van der Waals surface area contributed by atoms with Crippen LogP contribution >= 0.6 is 0 Å². The third kappa shape index (κ3) is 3.93. The van der Waals surface area contributed by atoms with Crippen LogP contribution in [0, 0.1) is 5.92 Å². The molecule has 0 saturated heterocycles. The summed E-state index contributed by atoms with van der Waals surface area (Å²) in [7, 11) is 0. The van der Waals surface area contributed by atoms with E-state index in [1.165, 1.54) is 103 Å². The molecule has 1 unspecified atom stereocenters. The lowest BCUT2D eigenvalue weighted by Crippen LogP contribution is -2.33. The van der Waals surface area contributed by atoms with Crippen LogP contribution in [0.5, 0.6) is 0 Å². The van der Waals surface area contributed by atoms with Crippen molar-refractivity contribution in [1.82, 2.24) is 13.5 Å². The van der Waals surface area contributed by atoms with Gasteiger partial charge >= 0.3 is 0 Å². The Kier molecular flexibility index (Phi) is 6.20. The number of hydrogen-bond acceptors (Lipinski definition) is 2. The van der Waals surface area contributed by atoms with Gasteiger partial charge in [0.15, 0.2) is 5.76 Å². The Morgan fingerprint density at radius 2 is 1.08 bits per heavy atom. The van der Waals surface area contributed by atoms with E-state index in [0.29, 0.717) is 0 Å². The van der Waals surface area contributed by atoms with Crippen LogP contribution in [0.2, 0.25) is 0 Å². The maximum Gasteiger partial charge on any atom is 0.154 e. The maximum absolute atomic E-state index is 7.09. The van der Waals surface area contributed by atoms with Gasteiger partial charge in [-0.05, 0) is 65.0 Å². The lowest BCUT2D eigenvalue weighted by Gasteiger charge is -2.33. The van der Waals surface area contributed by atoms with Crippen LogP contribution in [-0.2, 0) is 0 Å². The van der Waals surface area contributed by atoms with Crippen LogP contribution < -0.4 is 0 Å².